The van der Waals surface area contributed by atoms with Crippen molar-refractivity contribution in [2.45, 2.75) is 27.2 Å². The lowest BCUT2D eigenvalue weighted by Gasteiger charge is -2.12. The second kappa shape index (κ2) is 5.63. The molecule has 0 aliphatic carbocycles. The van der Waals surface area contributed by atoms with Crippen molar-refractivity contribution in [2.75, 3.05) is 11.9 Å². The second-order valence-corrected chi connectivity index (χ2v) is 4.38. The molecule has 0 spiro atoms. The molecule has 1 aromatic carbocycles. The lowest BCUT2D eigenvalue weighted by atomic mass is 10.1. The van der Waals surface area contributed by atoms with E-state index in [1.54, 1.807) is 0 Å². The molecule has 94 valence electrons. The third kappa shape index (κ3) is 2.67. The van der Waals surface area contributed by atoms with E-state index in [1.165, 1.54) is 0 Å². The summed E-state index contributed by atoms with van der Waals surface area (Å²) in [5, 5.41) is 3.36. The summed E-state index contributed by atoms with van der Waals surface area (Å²) in [5.41, 5.74) is 4.00. The van der Waals surface area contributed by atoms with Gasteiger partial charge in [0.2, 0.25) is 0 Å². The summed E-state index contributed by atoms with van der Waals surface area (Å²) in [4.78, 5) is 9.28. The minimum atomic E-state index is 0.881. The molecule has 0 unspecified atom stereocenters. The van der Waals surface area contributed by atoms with Gasteiger partial charge in [0.1, 0.15) is 5.69 Å². The van der Waals surface area contributed by atoms with E-state index >= 15 is 0 Å². The van der Waals surface area contributed by atoms with Crippen molar-refractivity contribution in [3.05, 3.63) is 41.7 Å². The first-order valence-corrected chi connectivity index (χ1v) is 6.37. The molecule has 2 aromatic rings. The fourth-order valence-electron chi connectivity index (χ4n) is 1.77. The molecule has 18 heavy (non-hydrogen) atoms. The van der Waals surface area contributed by atoms with Crippen LogP contribution in [0.3, 0.4) is 0 Å². The first kappa shape index (κ1) is 12.6. The molecule has 0 amide bonds. The zero-order valence-electron chi connectivity index (χ0n) is 11.2. The SMILES string of the molecule is CCCNc1nc(C)c(C)nc1-c1ccccc1. The number of nitrogens with zero attached hydrogens (tertiary/aromatic N) is 2. The Balaban J connectivity index is 2.47. The zero-order valence-corrected chi connectivity index (χ0v) is 11.2. The van der Waals surface area contributed by atoms with E-state index in [2.05, 4.69) is 34.3 Å². The van der Waals surface area contributed by atoms with Crippen molar-refractivity contribution in [3.63, 3.8) is 0 Å². The van der Waals surface area contributed by atoms with Crippen LogP contribution in [0.25, 0.3) is 11.3 Å². The van der Waals surface area contributed by atoms with Crippen molar-refractivity contribution in [1.82, 2.24) is 9.97 Å². The molecular weight excluding hydrogens is 222 g/mol. The first-order chi connectivity index (χ1) is 8.72. The summed E-state index contributed by atoms with van der Waals surface area (Å²) >= 11 is 0. The van der Waals surface area contributed by atoms with Crippen LogP contribution in [-0.4, -0.2) is 16.5 Å². The van der Waals surface area contributed by atoms with Gasteiger partial charge in [-0.2, -0.15) is 0 Å². The van der Waals surface area contributed by atoms with E-state index < -0.39 is 0 Å². The maximum atomic E-state index is 4.67. The Kier molecular flexibility index (Phi) is 3.92. The summed E-state index contributed by atoms with van der Waals surface area (Å²) in [6, 6.07) is 10.2. The second-order valence-electron chi connectivity index (χ2n) is 4.38. The van der Waals surface area contributed by atoms with Gasteiger partial charge in [0, 0.05) is 12.1 Å². The van der Waals surface area contributed by atoms with Crippen LogP contribution in [0, 0.1) is 13.8 Å². The monoisotopic (exact) mass is 241 g/mol. The highest BCUT2D eigenvalue weighted by Gasteiger charge is 2.10. The zero-order chi connectivity index (χ0) is 13.0. The summed E-state index contributed by atoms with van der Waals surface area (Å²) in [5.74, 6) is 0.881. The molecule has 1 N–H and O–H groups in total. The van der Waals surface area contributed by atoms with E-state index in [-0.39, 0.29) is 0 Å². The van der Waals surface area contributed by atoms with Crippen molar-refractivity contribution in [3.8, 4) is 11.3 Å². The number of rotatable bonds is 4. The Morgan fingerprint density at radius 2 is 1.67 bits per heavy atom. The molecular formula is C15H19N3. The highest BCUT2D eigenvalue weighted by Crippen LogP contribution is 2.25. The van der Waals surface area contributed by atoms with Gasteiger partial charge in [0.05, 0.1) is 11.4 Å². The van der Waals surface area contributed by atoms with Crippen LogP contribution < -0.4 is 5.32 Å². The van der Waals surface area contributed by atoms with Gasteiger partial charge in [-0.05, 0) is 20.3 Å². The van der Waals surface area contributed by atoms with Crippen LogP contribution in [0.4, 0.5) is 5.82 Å². The molecule has 0 fully saturated rings. The predicted molar refractivity (Wildman–Crippen MR) is 75.7 cm³/mol. The van der Waals surface area contributed by atoms with Crippen LogP contribution >= 0.6 is 0 Å². The Morgan fingerprint density at radius 1 is 1.00 bits per heavy atom. The molecule has 0 saturated heterocycles. The molecule has 1 heterocycles. The topological polar surface area (TPSA) is 37.8 Å². The number of anilines is 1. The highest BCUT2D eigenvalue weighted by molar-refractivity contribution is 5.71. The largest absolute Gasteiger partial charge is 0.368 e. The Morgan fingerprint density at radius 3 is 2.33 bits per heavy atom. The molecule has 0 bridgehead atoms. The van der Waals surface area contributed by atoms with Gasteiger partial charge in [-0.25, -0.2) is 9.97 Å². The molecule has 2 rings (SSSR count). The van der Waals surface area contributed by atoms with Gasteiger partial charge in [0.15, 0.2) is 5.82 Å². The van der Waals surface area contributed by atoms with Gasteiger partial charge >= 0.3 is 0 Å². The van der Waals surface area contributed by atoms with E-state index in [0.29, 0.717) is 0 Å². The van der Waals surface area contributed by atoms with Gasteiger partial charge in [-0.15, -0.1) is 0 Å². The lowest BCUT2D eigenvalue weighted by molar-refractivity contribution is 0.953. The smallest absolute Gasteiger partial charge is 0.152 e. The summed E-state index contributed by atoms with van der Waals surface area (Å²) in [6.45, 7) is 7.05. The van der Waals surface area contributed by atoms with Gasteiger partial charge in [-0.1, -0.05) is 37.3 Å². The predicted octanol–water partition coefficient (Wildman–Crippen LogP) is 3.58. The average Bonchev–Trinajstić information content (AvgIpc) is 2.40. The highest BCUT2D eigenvalue weighted by atomic mass is 15.0. The fraction of sp³-hybridized carbons (Fsp3) is 0.333. The van der Waals surface area contributed by atoms with Crippen molar-refractivity contribution < 1.29 is 0 Å². The average molecular weight is 241 g/mol. The van der Waals surface area contributed by atoms with E-state index in [9.17, 15) is 0 Å². The summed E-state index contributed by atoms with van der Waals surface area (Å²) in [7, 11) is 0. The first-order valence-electron chi connectivity index (χ1n) is 6.37. The molecule has 0 radical (unpaired) electrons. The van der Waals surface area contributed by atoms with E-state index in [0.717, 1.165) is 41.4 Å². The van der Waals surface area contributed by atoms with Gasteiger partial charge in [-0.3, -0.25) is 0 Å². The van der Waals surface area contributed by atoms with Crippen molar-refractivity contribution >= 4 is 5.82 Å². The van der Waals surface area contributed by atoms with Crippen LogP contribution in [0.15, 0.2) is 30.3 Å². The van der Waals surface area contributed by atoms with E-state index in [1.807, 2.05) is 32.0 Å². The molecule has 0 aliphatic rings. The van der Waals surface area contributed by atoms with Crippen LogP contribution in [0.2, 0.25) is 0 Å². The molecule has 3 heteroatoms. The number of hydrogen-bond acceptors (Lipinski definition) is 3. The molecule has 0 saturated carbocycles. The Bertz CT molecular complexity index is 521. The third-order valence-corrected chi connectivity index (χ3v) is 2.90. The Hall–Kier alpha value is -1.90. The number of aromatic nitrogens is 2. The quantitative estimate of drug-likeness (QED) is 0.889. The van der Waals surface area contributed by atoms with E-state index in [4.69, 9.17) is 0 Å². The molecule has 1 aromatic heterocycles. The maximum Gasteiger partial charge on any atom is 0.152 e. The fourth-order valence-corrected chi connectivity index (χ4v) is 1.77. The maximum absolute atomic E-state index is 4.67. The van der Waals surface area contributed by atoms with Crippen LogP contribution in [-0.2, 0) is 0 Å². The number of aryl methyl sites for hydroxylation is 2. The summed E-state index contributed by atoms with van der Waals surface area (Å²) < 4.78 is 0. The minimum Gasteiger partial charge on any atom is -0.368 e. The van der Waals surface area contributed by atoms with Crippen molar-refractivity contribution in [2.24, 2.45) is 0 Å². The molecule has 0 aliphatic heterocycles. The lowest BCUT2D eigenvalue weighted by Crippen LogP contribution is -2.07. The summed E-state index contributed by atoms with van der Waals surface area (Å²) in [6.07, 6.45) is 1.07. The normalized spacial score (nSPS) is 10.4. The van der Waals surface area contributed by atoms with Gasteiger partial charge in [0.25, 0.3) is 0 Å². The number of benzene rings is 1. The van der Waals surface area contributed by atoms with Gasteiger partial charge < -0.3 is 5.32 Å². The number of nitrogens with one attached hydrogen (secondary N) is 1. The standard InChI is InChI=1S/C15H19N3/c1-4-10-16-15-14(13-8-6-5-7-9-13)17-11(2)12(3)18-15/h5-9H,4,10H2,1-3H3,(H,16,18). The van der Waals surface area contributed by atoms with Crippen molar-refractivity contribution in [1.29, 1.82) is 0 Å². The molecule has 3 nitrogen and oxygen atoms in total. The van der Waals surface area contributed by atoms with Crippen LogP contribution in [0.1, 0.15) is 24.7 Å². The third-order valence-electron chi connectivity index (χ3n) is 2.90. The Labute approximate surface area is 108 Å². The van der Waals surface area contributed by atoms with Crippen LogP contribution in [0.5, 0.6) is 0 Å². The molecule has 0 atom stereocenters. The number of hydrogen-bond donors (Lipinski definition) is 1. The minimum absolute atomic E-state index is 0.881.